The number of hydrogen-bond acceptors (Lipinski definition) is 4. The van der Waals surface area contributed by atoms with Gasteiger partial charge in [-0.25, -0.2) is 0 Å². The molecular formula is C19H22ClN3O2. The van der Waals surface area contributed by atoms with Crippen molar-refractivity contribution in [3.05, 3.63) is 58.9 Å². The van der Waals surface area contributed by atoms with Crippen molar-refractivity contribution in [3.8, 4) is 5.75 Å². The Balaban J connectivity index is 1.77. The number of aromatic nitrogens is 1. The maximum absolute atomic E-state index is 12.4. The minimum Gasteiger partial charge on any atom is -0.496 e. The molecule has 1 N–H and O–H groups in total. The second-order valence-electron chi connectivity index (χ2n) is 6.07. The van der Waals surface area contributed by atoms with Crippen LogP contribution in [0.15, 0.2) is 42.6 Å². The summed E-state index contributed by atoms with van der Waals surface area (Å²) in [5, 5.41) is 3.50. The fraction of sp³-hybridized carbons (Fsp3) is 0.368. The molecule has 1 saturated heterocycles. The van der Waals surface area contributed by atoms with E-state index in [2.05, 4.69) is 21.3 Å². The third kappa shape index (κ3) is 4.30. The summed E-state index contributed by atoms with van der Waals surface area (Å²) in [5.74, 6) is 0.621. The topological polar surface area (TPSA) is 54.5 Å². The van der Waals surface area contributed by atoms with Gasteiger partial charge < -0.3 is 10.1 Å². The van der Waals surface area contributed by atoms with Crippen LogP contribution in [0.25, 0.3) is 0 Å². The summed E-state index contributed by atoms with van der Waals surface area (Å²) in [6.45, 7) is 2.54. The number of ether oxygens (including phenoxy) is 1. The number of benzene rings is 1. The van der Waals surface area contributed by atoms with Gasteiger partial charge in [-0.2, -0.15) is 0 Å². The number of methoxy groups -OCH3 is 1. The number of hydrogen-bond donors (Lipinski definition) is 1. The molecule has 2 aromatic rings. The number of carbonyl (C=O) groups is 1. The molecule has 6 heteroatoms. The highest BCUT2D eigenvalue weighted by molar-refractivity contribution is 6.30. The third-order valence-electron chi connectivity index (χ3n) is 4.49. The molecule has 1 aromatic heterocycles. The normalized spacial score (nSPS) is 15.8. The van der Waals surface area contributed by atoms with Crippen molar-refractivity contribution in [2.24, 2.45) is 0 Å². The van der Waals surface area contributed by atoms with Gasteiger partial charge in [-0.1, -0.05) is 29.8 Å². The van der Waals surface area contributed by atoms with Crippen molar-refractivity contribution >= 4 is 17.5 Å². The Labute approximate surface area is 153 Å². The van der Waals surface area contributed by atoms with Crippen LogP contribution in [-0.2, 0) is 0 Å². The minimum absolute atomic E-state index is 0.0711. The van der Waals surface area contributed by atoms with Gasteiger partial charge in [-0.15, -0.1) is 0 Å². The average Bonchev–Trinajstić information content (AvgIpc) is 3.16. The van der Waals surface area contributed by atoms with Crippen LogP contribution < -0.4 is 10.1 Å². The Morgan fingerprint density at radius 1 is 1.32 bits per heavy atom. The summed E-state index contributed by atoms with van der Waals surface area (Å²) >= 11 is 5.95. The number of likely N-dealkylation sites (tertiary alicyclic amines) is 1. The molecule has 1 aliphatic rings. The van der Waals surface area contributed by atoms with Crippen LogP contribution >= 0.6 is 11.6 Å². The molecule has 0 bridgehead atoms. The van der Waals surface area contributed by atoms with Crippen molar-refractivity contribution in [3.63, 3.8) is 0 Å². The van der Waals surface area contributed by atoms with E-state index >= 15 is 0 Å². The molecule has 1 unspecified atom stereocenters. The highest BCUT2D eigenvalue weighted by Crippen LogP contribution is 2.31. The van der Waals surface area contributed by atoms with Gasteiger partial charge in [0.05, 0.1) is 13.2 Å². The third-order valence-corrected chi connectivity index (χ3v) is 4.73. The van der Waals surface area contributed by atoms with Gasteiger partial charge in [-0.05, 0) is 44.1 Å². The van der Waals surface area contributed by atoms with E-state index in [0.717, 1.165) is 24.4 Å². The number of carbonyl (C=O) groups excluding carboxylic acids is 1. The van der Waals surface area contributed by atoms with E-state index in [1.807, 2.05) is 18.2 Å². The molecule has 5 nitrogen and oxygen atoms in total. The van der Waals surface area contributed by atoms with Gasteiger partial charge in [0.2, 0.25) is 0 Å². The van der Waals surface area contributed by atoms with Crippen LogP contribution in [0.1, 0.15) is 34.9 Å². The Bertz CT molecular complexity index is 732. The smallest absolute Gasteiger partial charge is 0.269 e. The fourth-order valence-corrected chi connectivity index (χ4v) is 3.40. The summed E-state index contributed by atoms with van der Waals surface area (Å²) in [5.41, 5.74) is 1.42. The van der Waals surface area contributed by atoms with Crippen LogP contribution in [0.2, 0.25) is 5.02 Å². The van der Waals surface area contributed by atoms with Gasteiger partial charge in [0, 0.05) is 23.3 Å². The molecule has 1 aromatic carbocycles. The largest absolute Gasteiger partial charge is 0.496 e. The Morgan fingerprint density at radius 3 is 2.80 bits per heavy atom. The number of rotatable bonds is 6. The molecule has 1 amide bonds. The fourth-order valence-electron chi connectivity index (χ4n) is 3.24. The second kappa shape index (κ2) is 8.32. The first-order chi connectivity index (χ1) is 12.2. The van der Waals surface area contributed by atoms with E-state index < -0.39 is 0 Å². The summed E-state index contributed by atoms with van der Waals surface area (Å²) < 4.78 is 5.52. The molecule has 0 radical (unpaired) electrons. The van der Waals surface area contributed by atoms with Crippen LogP contribution in [0, 0.1) is 0 Å². The van der Waals surface area contributed by atoms with Gasteiger partial charge in [0.25, 0.3) is 5.91 Å². The number of pyridine rings is 1. The first-order valence-electron chi connectivity index (χ1n) is 8.46. The van der Waals surface area contributed by atoms with E-state index in [0.29, 0.717) is 17.3 Å². The zero-order valence-electron chi connectivity index (χ0n) is 14.2. The van der Waals surface area contributed by atoms with E-state index in [1.54, 1.807) is 19.2 Å². The Hall–Kier alpha value is -2.11. The molecule has 0 spiro atoms. The molecule has 25 heavy (non-hydrogen) atoms. The lowest BCUT2D eigenvalue weighted by Crippen LogP contribution is -2.37. The molecular weight excluding hydrogens is 338 g/mol. The molecule has 0 aliphatic carbocycles. The number of nitrogens with zero attached hydrogens (tertiary/aromatic N) is 2. The summed E-state index contributed by atoms with van der Waals surface area (Å²) in [6.07, 6.45) is 3.89. The molecule has 1 aliphatic heterocycles. The van der Waals surface area contributed by atoms with E-state index in [4.69, 9.17) is 16.3 Å². The van der Waals surface area contributed by atoms with E-state index in [-0.39, 0.29) is 11.9 Å². The quantitative estimate of drug-likeness (QED) is 0.859. The molecule has 3 rings (SSSR count). The highest BCUT2D eigenvalue weighted by Gasteiger charge is 2.26. The van der Waals surface area contributed by atoms with Gasteiger partial charge in [0.1, 0.15) is 11.4 Å². The van der Waals surface area contributed by atoms with Crippen LogP contribution in [0.3, 0.4) is 0 Å². The Morgan fingerprint density at radius 2 is 2.08 bits per heavy atom. The summed E-state index contributed by atoms with van der Waals surface area (Å²) in [6, 6.07) is 11.3. The van der Waals surface area contributed by atoms with Gasteiger partial charge in [0.15, 0.2) is 0 Å². The van der Waals surface area contributed by atoms with E-state index in [9.17, 15) is 4.79 Å². The lowest BCUT2D eigenvalue weighted by atomic mass is 10.0. The first-order valence-corrected chi connectivity index (χ1v) is 8.83. The standard InChI is InChI=1S/C19H22ClN3O2/c1-25-18-7-3-2-6-15(18)17(23-10-4-5-11-23)13-22-19(24)16-12-14(20)8-9-21-16/h2-3,6-9,12,17H,4-5,10-11,13H2,1H3,(H,22,24). The number of nitrogens with one attached hydrogen (secondary N) is 1. The van der Waals surface area contributed by atoms with Crippen molar-refractivity contribution < 1.29 is 9.53 Å². The van der Waals surface area contributed by atoms with Gasteiger partial charge >= 0.3 is 0 Å². The van der Waals surface area contributed by atoms with Crippen molar-refractivity contribution in [1.82, 2.24) is 15.2 Å². The zero-order chi connectivity index (χ0) is 17.6. The maximum Gasteiger partial charge on any atom is 0.269 e. The minimum atomic E-state index is -0.221. The molecule has 0 saturated carbocycles. The maximum atomic E-state index is 12.4. The predicted molar refractivity (Wildman–Crippen MR) is 98.1 cm³/mol. The number of halogens is 1. The summed E-state index contributed by atoms with van der Waals surface area (Å²) in [4.78, 5) is 18.9. The van der Waals surface area contributed by atoms with Gasteiger partial charge in [-0.3, -0.25) is 14.7 Å². The van der Waals surface area contributed by atoms with Crippen molar-refractivity contribution in [1.29, 1.82) is 0 Å². The summed E-state index contributed by atoms with van der Waals surface area (Å²) in [7, 11) is 1.67. The van der Waals surface area contributed by atoms with Crippen molar-refractivity contribution in [2.45, 2.75) is 18.9 Å². The first kappa shape index (κ1) is 17.7. The monoisotopic (exact) mass is 359 g/mol. The van der Waals surface area contributed by atoms with Crippen LogP contribution in [0.4, 0.5) is 0 Å². The molecule has 132 valence electrons. The Kier molecular flexibility index (Phi) is 5.89. The second-order valence-corrected chi connectivity index (χ2v) is 6.51. The van der Waals surface area contributed by atoms with E-state index in [1.165, 1.54) is 19.0 Å². The number of para-hydroxylation sites is 1. The van der Waals surface area contributed by atoms with Crippen LogP contribution in [-0.4, -0.2) is 42.5 Å². The lowest BCUT2D eigenvalue weighted by Gasteiger charge is -2.29. The SMILES string of the molecule is COc1ccccc1C(CNC(=O)c1cc(Cl)ccn1)N1CCCC1. The average molecular weight is 360 g/mol. The molecule has 1 fully saturated rings. The zero-order valence-corrected chi connectivity index (χ0v) is 15.0. The lowest BCUT2D eigenvalue weighted by molar-refractivity contribution is 0.0932. The molecule has 2 heterocycles. The number of amides is 1. The molecule has 1 atom stereocenters. The predicted octanol–water partition coefficient (Wildman–Crippen LogP) is 3.31. The van der Waals surface area contributed by atoms with Crippen LogP contribution in [0.5, 0.6) is 5.75 Å². The highest BCUT2D eigenvalue weighted by atomic mass is 35.5. The van der Waals surface area contributed by atoms with Crippen molar-refractivity contribution in [2.75, 3.05) is 26.7 Å².